The summed E-state index contributed by atoms with van der Waals surface area (Å²) in [6.07, 6.45) is 2.63. The monoisotopic (exact) mass is 212 g/mol. The van der Waals surface area contributed by atoms with E-state index in [-0.39, 0.29) is 12.7 Å². The molecular formula is C10H16N2O3. The van der Waals surface area contributed by atoms with Gasteiger partial charge < -0.3 is 14.6 Å². The Hall–Kier alpha value is -0.910. The first-order chi connectivity index (χ1) is 7.35. The van der Waals surface area contributed by atoms with Crippen LogP contribution in [0.5, 0.6) is 0 Å². The van der Waals surface area contributed by atoms with Crippen molar-refractivity contribution in [2.45, 2.75) is 19.1 Å². The van der Waals surface area contributed by atoms with Crippen molar-refractivity contribution in [3.8, 4) is 0 Å². The fraction of sp³-hybridized carbons (Fsp3) is 0.700. The van der Waals surface area contributed by atoms with Gasteiger partial charge in [0.05, 0.1) is 32.1 Å². The topological polar surface area (TPSA) is 56.5 Å². The summed E-state index contributed by atoms with van der Waals surface area (Å²) in [5.74, 6) is 0. The second-order valence-corrected chi connectivity index (χ2v) is 3.59. The molecule has 0 radical (unpaired) electrons. The summed E-state index contributed by atoms with van der Waals surface area (Å²) >= 11 is 0. The average molecular weight is 212 g/mol. The maximum atomic E-state index is 9.12. The molecule has 2 heterocycles. The van der Waals surface area contributed by atoms with Crippen molar-refractivity contribution in [1.82, 2.24) is 9.78 Å². The Kier molecular flexibility index (Phi) is 3.35. The van der Waals surface area contributed by atoms with Crippen LogP contribution in [0.15, 0.2) is 6.20 Å². The minimum absolute atomic E-state index is 0.00566. The van der Waals surface area contributed by atoms with Crippen LogP contribution in [0.25, 0.3) is 0 Å². The van der Waals surface area contributed by atoms with Gasteiger partial charge in [-0.2, -0.15) is 5.10 Å². The Morgan fingerprint density at radius 2 is 2.60 bits per heavy atom. The largest absolute Gasteiger partial charge is 0.393 e. The molecule has 84 valence electrons. The molecule has 1 aromatic rings. The minimum atomic E-state index is -0.252. The van der Waals surface area contributed by atoms with Gasteiger partial charge >= 0.3 is 0 Å². The molecule has 0 bridgehead atoms. The molecule has 0 spiro atoms. The van der Waals surface area contributed by atoms with E-state index < -0.39 is 0 Å². The first-order valence-electron chi connectivity index (χ1n) is 5.12. The van der Waals surface area contributed by atoms with Crippen molar-refractivity contribution in [2.75, 3.05) is 26.9 Å². The van der Waals surface area contributed by atoms with Crippen LogP contribution in [0.4, 0.5) is 0 Å². The molecule has 1 N–H and O–H groups in total. The van der Waals surface area contributed by atoms with Crippen LogP contribution in [0.1, 0.15) is 17.4 Å². The SMILES string of the molecule is COCCn1cc2c(n1)C(CO)OCC2. The molecule has 5 nitrogen and oxygen atoms in total. The smallest absolute Gasteiger partial charge is 0.124 e. The normalized spacial score (nSPS) is 20.3. The van der Waals surface area contributed by atoms with Gasteiger partial charge in [-0.1, -0.05) is 0 Å². The lowest BCUT2D eigenvalue weighted by Gasteiger charge is -2.19. The second kappa shape index (κ2) is 4.74. The van der Waals surface area contributed by atoms with Gasteiger partial charge in [-0.15, -0.1) is 0 Å². The number of methoxy groups -OCH3 is 1. The van der Waals surface area contributed by atoms with E-state index in [1.54, 1.807) is 7.11 Å². The second-order valence-electron chi connectivity index (χ2n) is 3.59. The van der Waals surface area contributed by atoms with Crippen LogP contribution in [0.2, 0.25) is 0 Å². The number of ether oxygens (including phenoxy) is 2. The van der Waals surface area contributed by atoms with Crippen molar-refractivity contribution in [3.05, 3.63) is 17.5 Å². The quantitative estimate of drug-likeness (QED) is 0.771. The highest BCUT2D eigenvalue weighted by Gasteiger charge is 2.23. The van der Waals surface area contributed by atoms with Gasteiger partial charge in [-0.25, -0.2) is 0 Å². The lowest BCUT2D eigenvalue weighted by atomic mass is 10.1. The summed E-state index contributed by atoms with van der Waals surface area (Å²) in [4.78, 5) is 0. The van der Waals surface area contributed by atoms with Gasteiger partial charge in [0.25, 0.3) is 0 Å². The number of aromatic nitrogens is 2. The maximum Gasteiger partial charge on any atom is 0.124 e. The Bertz CT molecular complexity index is 324. The number of aliphatic hydroxyl groups excluding tert-OH is 1. The van der Waals surface area contributed by atoms with E-state index in [2.05, 4.69) is 5.10 Å². The summed E-state index contributed by atoms with van der Waals surface area (Å²) in [6, 6.07) is 0. The lowest BCUT2D eigenvalue weighted by Crippen LogP contribution is -2.18. The Morgan fingerprint density at radius 3 is 3.33 bits per heavy atom. The Morgan fingerprint density at radius 1 is 1.73 bits per heavy atom. The molecule has 0 saturated heterocycles. The summed E-state index contributed by atoms with van der Waals surface area (Å²) in [5, 5.41) is 13.5. The molecule has 0 aliphatic carbocycles. The fourth-order valence-electron chi connectivity index (χ4n) is 1.77. The van der Waals surface area contributed by atoms with Crippen molar-refractivity contribution in [2.24, 2.45) is 0 Å². The molecule has 1 unspecified atom stereocenters. The van der Waals surface area contributed by atoms with E-state index in [1.807, 2.05) is 10.9 Å². The third kappa shape index (κ3) is 2.19. The molecular weight excluding hydrogens is 196 g/mol. The Balaban J connectivity index is 2.14. The van der Waals surface area contributed by atoms with Crippen molar-refractivity contribution in [1.29, 1.82) is 0 Å². The zero-order valence-corrected chi connectivity index (χ0v) is 8.85. The molecule has 0 fully saturated rings. The van der Waals surface area contributed by atoms with E-state index >= 15 is 0 Å². The summed E-state index contributed by atoms with van der Waals surface area (Å²) in [7, 11) is 1.67. The number of fused-ring (bicyclic) bond motifs is 1. The molecule has 15 heavy (non-hydrogen) atoms. The molecule has 1 aliphatic heterocycles. The van der Waals surface area contributed by atoms with Crippen LogP contribution in [0, 0.1) is 0 Å². The molecule has 5 heteroatoms. The highest BCUT2D eigenvalue weighted by molar-refractivity contribution is 5.22. The average Bonchev–Trinajstić information content (AvgIpc) is 2.68. The summed E-state index contributed by atoms with van der Waals surface area (Å²) in [5.41, 5.74) is 2.05. The third-order valence-corrected chi connectivity index (χ3v) is 2.56. The molecule has 2 rings (SSSR count). The first-order valence-corrected chi connectivity index (χ1v) is 5.12. The predicted molar refractivity (Wildman–Crippen MR) is 53.6 cm³/mol. The third-order valence-electron chi connectivity index (χ3n) is 2.56. The van der Waals surface area contributed by atoms with Gasteiger partial charge in [-0.3, -0.25) is 4.68 Å². The van der Waals surface area contributed by atoms with Crippen LogP contribution >= 0.6 is 0 Å². The standard InChI is InChI=1S/C10H16N2O3/c1-14-5-3-12-6-8-2-4-15-9(7-13)10(8)11-12/h6,9,13H,2-5,7H2,1H3. The van der Waals surface area contributed by atoms with E-state index in [9.17, 15) is 0 Å². The van der Waals surface area contributed by atoms with E-state index in [4.69, 9.17) is 14.6 Å². The molecule has 1 aromatic heterocycles. The minimum Gasteiger partial charge on any atom is -0.393 e. The number of nitrogens with zero attached hydrogens (tertiary/aromatic N) is 2. The van der Waals surface area contributed by atoms with Crippen molar-refractivity contribution in [3.63, 3.8) is 0 Å². The molecule has 0 aromatic carbocycles. The van der Waals surface area contributed by atoms with E-state index in [0.29, 0.717) is 13.2 Å². The highest BCUT2D eigenvalue weighted by Crippen LogP contribution is 2.24. The summed E-state index contributed by atoms with van der Waals surface area (Å²) in [6.45, 7) is 2.04. The number of rotatable bonds is 4. The van der Waals surface area contributed by atoms with Gasteiger partial charge in [-0.05, 0) is 12.0 Å². The number of aliphatic hydroxyl groups is 1. The number of hydrogen-bond acceptors (Lipinski definition) is 4. The molecule has 1 aliphatic rings. The van der Waals surface area contributed by atoms with Crippen molar-refractivity contribution >= 4 is 0 Å². The first kappa shape index (κ1) is 10.6. The molecule has 0 amide bonds. The van der Waals surface area contributed by atoms with Gasteiger partial charge in [0.1, 0.15) is 6.10 Å². The van der Waals surface area contributed by atoms with E-state index in [1.165, 1.54) is 5.56 Å². The zero-order valence-electron chi connectivity index (χ0n) is 8.85. The van der Waals surface area contributed by atoms with Crippen molar-refractivity contribution < 1.29 is 14.6 Å². The predicted octanol–water partition coefficient (Wildman–Crippen LogP) is 0.136. The van der Waals surface area contributed by atoms with E-state index in [0.717, 1.165) is 18.7 Å². The van der Waals surface area contributed by atoms with Gasteiger partial charge in [0.2, 0.25) is 0 Å². The van der Waals surface area contributed by atoms with Gasteiger partial charge in [0.15, 0.2) is 0 Å². The summed E-state index contributed by atoms with van der Waals surface area (Å²) < 4.78 is 12.3. The lowest BCUT2D eigenvalue weighted by molar-refractivity contribution is 0.000365. The van der Waals surface area contributed by atoms with Crippen LogP contribution < -0.4 is 0 Å². The van der Waals surface area contributed by atoms with Crippen LogP contribution in [-0.2, 0) is 22.4 Å². The highest BCUT2D eigenvalue weighted by atomic mass is 16.5. The van der Waals surface area contributed by atoms with Crippen LogP contribution in [-0.4, -0.2) is 41.8 Å². The van der Waals surface area contributed by atoms with Gasteiger partial charge in [0, 0.05) is 13.3 Å². The Labute approximate surface area is 88.6 Å². The molecule has 0 saturated carbocycles. The molecule has 1 atom stereocenters. The van der Waals surface area contributed by atoms with Crippen LogP contribution in [0.3, 0.4) is 0 Å². The fourth-order valence-corrected chi connectivity index (χ4v) is 1.77. The zero-order chi connectivity index (χ0) is 10.7. The number of hydrogen-bond donors (Lipinski definition) is 1. The maximum absolute atomic E-state index is 9.12.